The predicted octanol–water partition coefficient (Wildman–Crippen LogP) is 2.53. The van der Waals surface area contributed by atoms with Crippen LogP contribution in [-0.4, -0.2) is 21.8 Å². The van der Waals surface area contributed by atoms with Crippen molar-refractivity contribution in [3.63, 3.8) is 0 Å². The highest BCUT2D eigenvalue weighted by molar-refractivity contribution is 6.05. The fourth-order valence-corrected chi connectivity index (χ4v) is 2.30. The molecule has 0 aliphatic rings. The molecule has 0 aliphatic heterocycles. The number of amides is 2. The summed E-state index contributed by atoms with van der Waals surface area (Å²) in [6, 6.07) is 15.1. The molecular weight excluding hydrogens is 342 g/mol. The number of rotatable bonds is 5. The summed E-state index contributed by atoms with van der Waals surface area (Å²) in [6.45, 7) is 0.315. The normalized spacial score (nSPS) is 9.89. The highest BCUT2D eigenvalue weighted by Crippen LogP contribution is 2.11. The molecule has 0 spiro atoms. The molecule has 132 valence electrons. The number of nitrogens with one attached hydrogen (secondary N) is 2. The van der Waals surface area contributed by atoms with Gasteiger partial charge in [-0.3, -0.25) is 19.6 Å². The average molecular weight is 357 g/mol. The van der Waals surface area contributed by atoms with Crippen LogP contribution in [0.2, 0.25) is 0 Å². The summed E-state index contributed by atoms with van der Waals surface area (Å²) in [5.41, 5.74) is 2.37. The molecule has 7 heteroatoms. The number of carbonyl (C=O) groups is 2. The molecule has 0 radical (unpaired) electrons. The van der Waals surface area contributed by atoms with Crippen LogP contribution in [0, 0.1) is 11.3 Å². The number of carbonyl (C=O) groups excluding carboxylic acids is 2. The monoisotopic (exact) mass is 357 g/mol. The van der Waals surface area contributed by atoms with Gasteiger partial charge in [0.15, 0.2) is 0 Å². The van der Waals surface area contributed by atoms with Crippen molar-refractivity contribution in [3.8, 4) is 6.07 Å². The molecule has 0 saturated heterocycles. The van der Waals surface area contributed by atoms with Crippen molar-refractivity contribution in [3.05, 3.63) is 89.5 Å². The Morgan fingerprint density at radius 2 is 1.85 bits per heavy atom. The quantitative estimate of drug-likeness (QED) is 0.729. The van der Waals surface area contributed by atoms with Gasteiger partial charge in [0.25, 0.3) is 11.8 Å². The van der Waals surface area contributed by atoms with E-state index in [0.29, 0.717) is 23.4 Å². The van der Waals surface area contributed by atoms with Gasteiger partial charge in [-0.25, -0.2) is 0 Å². The fraction of sp³-hybridized carbons (Fsp3) is 0.0500. The summed E-state index contributed by atoms with van der Waals surface area (Å²) in [4.78, 5) is 32.6. The number of aromatic nitrogens is 2. The van der Waals surface area contributed by atoms with Crippen molar-refractivity contribution in [2.75, 3.05) is 5.32 Å². The highest BCUT2D eigenvalue weighted by atomic mass is 16.2. The van der Waals surface area contributed by atoms with E-state index in [1.165, 1.54) is 18.3 Å². The Bertz CT molecular complexity index is 995. The van der Waals surface area contributed by atoms with E-state index in [1.54, 1.807) is 42.7 Å². The molecule has 0 atom stereocenters. The smallest absolute Gasteiger partial charge is 0.270 e. The Balaban J connectivity index is 1.65. The Hall–Kier alpha value is -4.05. The molecule has 7 nitrogen and oxygen atoms in total. The number of nitriles is 1. The van der Waals surface area contributed by atoms with Gasteiger partial charge in [-0.2, -0.15) is 5.26 Å². The molecule has 2 heterocycles. The minimum absolute atomic E-state index is 0.145. The standard InChI is InChI=1S/C20H15N5O2/c21-11-14-3-5-17(6-4-14)25-19(26)16-7-9-23-18(10-16)20(27)24-13-15-2-1-8-22-12-15/h1-10,12H,13H2,(H,24,27)(H,25,26). The second-order valence-corrected chi connectivity index (χ2v) is 5.62. The fourth-order valence-electron chi connectivity index (χ4n) is 2.30. The maximum Gasteiger partial charge on any atom is 0.270 e. The van der Waals surface area contributed by atoms with Gasteiger partial charge >= 0.3 is 0 Å². The zero-order chi connectivity index (χ0) is 19.1. The summed E-state index contributed by atoms with van der Waals surface area (Å²) in [7, 11) is 0. The van der Waals surface area contributed by atoms with E-state index < -0.39 is 0 Å². The first-order valence-corrected chi connectivity index (χ1v) is 8.10. The zero-order valence-electron chi connectivity index (χ0n) is 14.2. The number of benzene rings is 1. The van der Waals surface area contributed by atoms with E-state index in [4.69, 9.17) is 5.26 Å². The lowest BCUT2D eigenvalue weighted by molar-refractivity contribution is 0.0946. The Morgan fingerprint density at radius 1 is 1.04 bits per heavy atom. The summed E-state index contributed by atoms with van der Waals surface area (Å²) in [5.74, 6) is -0.754. The lowest BCUT2D eigenvalue weighted by atomic mass is 10.2. The molecule has 3 rings (SSSR count). The summed E-state index contributed by atoms with van der Waals surface area (Å²) in [5, 5.41) is 14.3. The number of hydrogen-bond donors (Lipinski definition) is 2. The van der Waals surface area contributed by atoms with E-state index in [9.17, 15) is 9.59 Å². The van der Waals surface area contributed by atoms with Crippen LogP contribution in [0.4, 0.5) is 5.69 Å². The largest absolute Gasteiger partial charge is 0.347 e. The average Bonchev–Trinajstić information content (AvgIpc) is 2.73. The first kappa shape index (κ1) is 17.8. The van der Waals surface area contributed by atoms with Gasteiger partial charge in [-0.15, -0.1) is 0 Å². The second kappa shape index (κ2) is 8.36. The molecule has 2 amide bonds. The lowest BCUT2D eigenvalue weighted by Crippen LogP contribution is -2.24. The maximum atomic E-state index is 12.4. The molecule has 2 N–H and O–H groups in total. The van der Waals surface area contributed by atoms with Crippen molar-refractivity contribution >= 4 is 17.5 Å². The van der Waals surface area contributed by atoms with Crippen LogP contribution >= 0.6 is 0 Å². The highest BCUT2D eigenvalue weighted by Gasteiger charge is 2.12. The number of nitrogens with zero attached hydrogens (tertiary/aromatic N) is 3. The van der Waals surface area contributed by atoms with Gasteiger partial charge in [0, 0.05) is 36.4 Å². The molecule has 3 aromatic rings. The number of pyridine rings is 2. The van der Waals surface area contributed by atoms with Crippen LogP contribution in [0.5, 0.6) is 0 Å². The van der Waals surface area contributed by atoms with Crippen LogP contribution in [0.3, 0.4) is 0 Å². The van der Waals surface area contributed by atoms with Gasteiger partial charge in [0.05, 0.1) is 11.6 Å². The van der Waals surface area contributed by atoms with Gasteiger partial charge in [0.2, 0.25) is 0 Å². The summed E-state index contributed by atoms with van der Waals surface area (Å²) < 4.78 is 0. The van der Waals surface area contributed by atoms with E-state index >= 15 is 0 Å². The van der Waals surface area contributed by atoms with Crippen molar-refractivity contribution in [2.24, 2.45) is 0 Å². The van der Waals surface area contributed by atoms with Gasteiger partial charge in [-0.1, -0.05) is 6.07 Å². The van der Waals surface area contributed by atoms with Gasteiger partial charge < -0.3 is 10.6 Å². The van der Waals surface area contributed by atoms with Crippen molar-refractivity contribution in [1.29, 1.82) is 5.26 Å². The third-order valence-electron chi connectivity index (χ3n) is 3.70. The minimum atomic E-state index is -0.383. The first-order chi connectivity index (χ1) is 13.2. The van der Waals surface area contributed by atoms with Crippen LogP contribution in [-0.2, 0) is 6.54 Å². The molecule has 2 aromatic heterocycles. The Kier molecular flexibility index (Phi) is 5.50. The number of hydrogen-bond acceptors (Lipinski definition) is 5. The molecule has 0 aliphatic carbocycles. The van der Waals surface area contributed by atoms with E-state index in [1.807, 2.05) is 12.1 Å². The Morgan fingerprint density at radius 3 is 2.56 bits per heavy atom. The molecule has 27 heavy (non-hydrogen) atoms. The second-order valence-electron chi connectivity index (χ2n) is 5.62. The van der Waals surface area contributed by atoms with Crippen molar-refractivity contribution in [2.45, 2.75) is 6.54 Å². The van der Waals surface area contributed by atoms with E-state index in [0.717, 1.165) is 5.56 Å². The lowest BCUT2D eigenvalue weighted by Gasteiger charge is -2.07. The molecule has 0 saturated carbocycles. The van der Waals surface area contributed by atoms with Crippen LogP contribution in [0.25, 0.3) is 0 Å². The molecule has 0 fully saturated rings. The Labute approximate surface area is 155 Å². The predicted molar refractivity (Wildman–Crippen MR) is 98.8 cm³/mol. The van der Waals surface area contributed by atoms with Crippen LogP contribution in [0.1, 0.15) is 32.0 Å². The molecular formula is C20H15N5O2. The first-order valence-electron chi connectivity index (χ1n) is 8.10. The van der Waals surface area contributed by atoms with Crippen molar-refractivity contribution < 1.29 is 9.59 Å². The van der Waals surface area contributed by atoms with Crippen molar-refractivity contribution in [1.82, 2.24) is 15.3 Å². The molecule has 1 aromatic carbocycles. The van der Waals surface area contributed by atoms with E-state index in [2.05, 4.69) is 20.6 Å². The maximum absolute atomic E-state index is 12.4. The molecule has 0 bridgehead atoms. The zero-order valence-corrected chi connectivity index (χ0v) is 14.2. The van der Waals surface area contributed by atoms with Gasteiger partial charge in [-0.05, 0) is 48.0 Å². The van der Waals surface area contributed by atoms with Crippen LogP contribution < -0.4 is 10.6 Å². The summed E-state index contributed by atoms with van der Waals surface area (Å²) >= 11 is 0. The summed E-state index contributed by atoms with van der Waals surface area (Å²) in [6.07, 6.45) is 4.73. The third kappa shape index (κ3) is 4.74. The third-order valence-corrected chi connectivity index (χ3v) is 3.70. The molecule has 0 unspecified atom stereocenters. The minimum Gasteiger partial charge on any atom is -0.347 e. The number of anilines is 1. The van der Waals surface area contributed by atoms with Gasteiger partial charge in [0.1, 0.15) is 5.69 Å². The topological polar surface area (TPSA) is 108 Å². The van der Waals surface area contributed by atoms with E-state index in [-0.39, 0.29) is 17.5 Å². The van der Waals surface area contributed by atoms with Crippen LogP contribution in [0.15, 0.2) is 67.1 Å². The SMILES string of the molecule is N#Cc1ccc(NC(=O)c2ccnc(C(=O)NCc3cccnc3)c2)cc1.